The van der Waals surface area contributed by atoms with Crippen molar-refractivity contribution in [3.05, 3.63) is 59.9 Å². The summed E-state index contributed by atoms with van der Waals surface area (Å²) >= 11 is 0. The zero-order valence-electron chi connectivity index (χ0n) is 13.7. The van der Waals surface area contributed by atoms with Crippen LogP contribution in [0.1, 0.15) is 23.2 Å². The van der Waals surface area contributed by atoms with Crippen molar-refractivity contribution in [3.8, 4) is 0 Å². The van der Waals surface area contributed by atoms with Crippen molar-refractivity contribution < 1.29 is 14.0 Å². The number of anilines is 2. The number of halogens is 1. The third-order valence-corrected chi connectivity index (χ3v) is 4.27. The summed E-state index contributed by atoms with van der Waals surface area (Å²) < 4.78 is 13.1. The normalized spacial score (nSPS) is 13.5. The van der Waals surface area contributed by atoms with Gasteiger partial charge in [0.05, 0.1) is 11.3 Å². The SMILES string of the molecule is CN(C(=O)c1ccccc1N(C)C(=O)C1CC1)c1ccc(F)cc1. The predicted octanol–water partition coefficient (Wildman–Crippen LogP) is 3.48. The summed E-state index contributed by atoms with van der Waals surface area (Å²) in [6.45, 7) is 0. The van der Waals surface area contributed by atoms with Gasteiger partial charge in [-0.1, -0.05) is 12.1 Å². The van der Waals surface area contributed by atoms with E-state index in [1.54, 1.807) is 55.4 Å². The molecule has 1 aliphatic rings. The zero-order valence-corrected chi connectivity index (χ0v) is 13.7. The fraction of sp³-hybridized carbons (Fsp3) is 0.263. The first-order valence-corrected chi connectivity index (χ1v) is 7.89. The minimum Gasteiger partial charge on any atom is -0.314 e. The second kappa shape index (κ2) is 6.43. The lowest BCUT2D eigenvalue weighted by molar-refractivity contribution is -0.119. The molecule has 0 aliphatic heterocycles. The van der Waals surface area contributed by atoms with Crippen LogP contribution in [0.15, 0.2) is 48.5 Å². The Morgan fingerprint density at radius 1 is 0.958 bits per heavy atom. The molecule has 124 valence electrons. The van der Waals surface area contributed by atoms with E-state index < -0.39 is 0 Å². The van der Waals surface area contributed by atoms with E-state index in [0.717, 1.165) is 12.8 Å². The van der Waals surface area contributed by atoms with Crippen molar-refractivity contribution in [2.45, 2.75) is 12.8 Å². The molecule has 3 rings (SSSR count). The van der Waals surface area contributed by atoms with Crippen LogP contribution >= 0.6 is 0 Å². The molecule has 2 aromatic rings. The first-order chi connectivity index (χ1) is 11.5. The molecule has 24 heavy (non-hydrogen) atoms. The molecule has 0 N–H and O–H groups in total. The van der Waals surface area contributed by atoms with Crippen LogP contribution in [0.2, 0.25) is 0 Å². The number of rotatable bonds is 4. The van der Waals surface area contributed by atoms with Gasteiger partial charge in [-0.2, -0.15) is 0 Å². The lowest BCUT2D eigenvalue weighted by Crippen LogP contribution is -2.32. The van der Waals surface area contributed by atoms with Crippen LogP contribution in [0.25, 0.3) is 0 Å². The Labute approximate surface area is 140 Å². The molecule has 2 aromatic carbocycles. The fourth-order valence-corrected chi connectivity index (χ4v) is 2.63. The van der Waals surface area contributed by atoms with Crippen molar-refractivity contribution in [2.24, 2.45) is 5.92 Å². The topological polar surface area (TPSA) is 40.6 Å². The second-order valence-electron chi connectivity index (χ2n) is 6.03. The molecule has 1 saturated carbocycles. The van der Waals surface area contributed by atoms with E-state index in [1.807, 2.05) is 0 Å². The maximum absolute atomic E-state index is 13.1. The maximum atomic E-state index is 13.1. The van der Waals surface area contributed by atoms with Gasteiger partial charge in [-0.05, 0) is 49.2 Å². The summed E-state index contributed by atoms with van der Waals surface area (Å²) in [5, 5.41) is 0. The molecule has 2 amide bonds. The number of amides is 2. The summed E-state index contributed by atoms with van der Waals surface area (Å²) in [6.07, 6.45) is 1.82. The van der Waals surface area contributed by atoms with E-state index in [1.165, 1.54) is 17.0 Å². The molecule has 0 saturated heterocycles. The highest BCUT2D eigenvalue weighted by Crippen LogP contribution is 2.33. The van der Waals surface area contributed by atoms with Gasteiger partial charge in [0.25, 0.3) is 5.91 Å². The van der Waals surface area contributed by atoms with E-state index in [4.69, 9.17) is 0 Å². The third-order valence-electron chi connectivity index (χ3n) is 4.27. The van der Waals surface area contributed by atoms with Crippen LogP contribution in [0.3, 0.4) is 0 Å². The second-order valence-corrected chi connectivity index (χ2v) is 6.03. The lowest BCUT2D eigenvalue weighted by atomic mass is 10.1. The van der Waals surface area contributed by atoms with Gasteiger partial charge < -0.3 is 9.80 Å². The molecule has 0 radical (unpaired) electrons. The first kappa shape index (κ1) is 16.2. The Morgan fingerprint density at radius 3 is 2.21 bits per heavy atom. The zero-order chi connectivity index (χ0) is 17.3. The van der Waals surface area contributed by atoms with E-state index in [0.29, 0.717) is 16.9 Å². The van der Waals surface area contributed by atoms with Crippen molar-refractivity contribution in [3.63, 3.8) is 0 Å². The molecule has 0 heterocycles. The average molecular weight is 326 g/mol. The van der Waals surface area contributed by atoms with E-state index >= 15 is 0 Å². The molecule has 1 fully saturated rings. The van der Waals surface area contributed by atoms with Crippen LogP contribution in [0.5, 0.6) is 0 Å². The highest BCUT2D eigenvalue weighted by atomic mass is 19.1. The van der Waals surface area contributed by atoms with E-state index in [-0.39, 0.29) is 23.5 Å². The Balaban J connectivity index is 1.89. The Morgan fingerprint density at radius 2 is 1.58 bits per heavy atom. The largest absolute Gasteiger partial charge is 0.314 e. The smallest absolute Gasteiger partial charge is 0.260 e. The van der Waals surface area contributed by atoms with Gasteiger partial charge in [0.1, 0.15) is 5.82 Å². The first-order valence-electron chi connectivity index (χ1n) is 7.89. The quantitative estimate of drug-likeness (QED) is 0.863. The fourth-order valence-electron chi connectivity index (χ4n) is 2.63. The summed E-state index contributed by atoms with van der Waals surface area (Å²) in [6, 6.07) is 12.8. The van der Waals surface area contributed by atoms with Gasteiger partial charge in [-0.25, -0.2) is 4.39 Å². The maximum Gasteiger partial charge on any atom is 0.260 e. The Kier molecular flexibility index (Phi) is 4.34. The molecule has 1 aliphatic carbocycles. The van der Waals surface area contributed by atoms with Crippen molar-refractivity contribution in [1.29, 1.82) is 0 Å². The molecule has 0 atom stereocenters. The number of carbonyl (C=O) groups is 2. The average Bonchev–Trinajstić information content (AvgIpc) is 3.45. The van der Waals surface area contributed by atoms with Crippen molar-refractivity contribution in [2.75, 3.05) is 23.9 Å². The van der Waals surface area contributed by atoms with Gasteiger partial charge >= 0.3 is 0 Å². The molecule has 0 spiro atoms. The Bertz CT molecular complexity index is 769. The summed E-state index contributed by atoms with van der Waals surface area (Å²) in [7, 11) is 3.33. The molecular weight excluding hydrogens is 307 g/mol. The number of para-hydroxylation sites is 1. The van der Waals surface area contributed by atoms with Crippen molar-refractivity contribution in [1.82, 2.24) is 0 Å². The standard InChI is InChI=1S/C19H19FN2O2/c1-21(15-11-9-14(20)10-12-15)19(24)16-5-3-4-6-17(16)22(2)18(23)13-7-8-13/h3-6,9-13H,7-8H2,1-2H3. The third kappa shape index (κ3) is 3.15. The molecule has 0 bridgehead atoms. The van der Waals surface area contributed by atoms with Crippen molar-refractivity contribution >= 4 is 23.2 Å². The van der Waals surface area contributed by atoms with Crippen LogP contribution in [0.4, 0.5) is 15.8 Å². The summed E-state index contributed by atoms with van der Waals surface area (Å²) in [5.41, 5.74) is 1.63. The minimum absolute atomic E-state index is 0.0414. The van der Waals surface area contributed by atoms with Gasteiger partial charge in [0.2, 0.25) is 5.91 Å². The van der Waals surface area contributed by atoms with Gasteiger partial charge in [-0.3, -0.25) is 9.59 Å². The number of hydrogen-bond acceptors (Lipinski definition) is 2. The minimum atomic E-state index is -0.352. The molecular formula is C19H19FN2O2. The Hall–Kier alpha value is -2.69. The lowest BCUT2D eigenvalue weighted by Gasteiger charge is -2.23. The molecule has 4 nitrogen and oxygen atoms in total. The summed E-state index contributed by atoms with van der Waals surface area (Å²) in [5.74, 6) is -0.477. The number of nitrogens with zero attached hydrogens (tertiary/aromatic N) is 2. The predicted molar refractivity (Wildman–Crippen MR) is 91.7 cm³/mol. The van der Waals surface area contributed by atoms with Crippen LogP contribution in [0, 0.1) is 11.7 Å². The number of hydrogen-bond donors (Lipinski definition) is 0. The molecule has 5 heteroatoms. The highest BCUT2D eigenvalue weighted by Gasteiger charge is 2.33. The molecule has 0 aromatic heterocycles. The monoisotopic (exact) mass is 326 g/mol. The highest BCUT2D eigenvalue weighted by molar-refractivity contribution is 6.11. The van der Waals surface area contributed by atoms with E-state index in [2.05, 4.69) is 0 Å². The number of benzene rings is 2. The molecule has 0 unspecified atom stereocenters. The summed E-state index contributed by atoms with van der Waals surface area (Å²) in [4.78, 5) is 28.2. The van der Waals surface area contributed by atoms with Gasteiger partial charge in [-0.15, -0.1) is 0 Å². The van der Waals surface area contributed by atoms with Crippen LogP contribution < -0.4 is 9.80 Å². The van der Waals surface area contributed by atoms with E-state index in [9.17, 15) is 14.0 Å². The number of carbonyl (C=O) groups excluding carboxylic acids is 2. The van der Waals surface area contributed by atoms with Gasteiger partial charge in [0, 0.05) is 25.7 Å². The van der Waals surface area contributed by atoms with Crippen LogP contribution in [-0.2, 0) is 4.79 Å². The van der Waals surface area contributed by atoms with Gasteiger partial charge in [0.15, 0.2) is 0 Å². The van der Waals surface area contributed by atoms with Crippen LogP contribution in [-0.4, -0.2) is 25.9 Å².